The first-order valence-corrected chi connectivity index (χ1v) is 7.15. The van der Waals surface area contributed by atoms with Gasteiger partial charge in [0.15, 0.2) is 5.82 Å². The largest absolute Gasteiger partial charge is 0.351 e. The highest BCUT2D eigenvalue weighted by molar-refractivity contribution is 6.30. The highest BCUT2D eigenvalue weighted by Crippen LogP contribution is 2.30. The summed E-state index contributed by atoms with van der Waals surface area (Å²) in [6, 6.07) is 6.94. The van der Waals surface area contributed by atoms with Crippen LogP contribution in [0.15, 0.2) is 60.6 Å². The standard InChI is InChI=1S/C16H12ClN3O/c17-11-7-5-10(6-8-11)15-16(21)20-13-4-2-1-3-12(13)18-9-14(20)19-15/h1-9,13,15,19H/p+1. The van der Waals surface area contributed by atoms with E-state index in [1.165, 1.54) is 0 Å². The molecule has 21 heavy (non-hydrogen) atoms. The maximum absolute atomic E-state index is 12.8. The van der Waals surface area contributed by atoms with Gasteiger partial charge in [-0.1, -0.05) is 42.0 Å². The first kappa shape index (κ1) is 12.4. The van der Waals surface area contributed by atoms with Crippen molar-refractivity contribution in [2.45, 2.75) is 12.1 Å². The van der Waals surface area contributed by atoms with Crippen LogP contribution in [0.4, 0.5) is 0 Å². The van der Waals surface area contributed by atoms with E-state index >= 15 is 0 Å². The van der Waals surface area contributed by atoms with E-state index in [-0.39, 0.29) is 18.0 Å². The normalized spacial score (nSPS) is 26.0. The number of carbonyl (C=O) groups excluding carboxylic acids is 1. The molecule has 2 N–H and O–H groups in total. The lowest BCUT2D eigenvalue weighted by atomic mass is 10.0. The fourth-order valence-corrected chi connectivity index (χ4v) is 2.98. The minimum absolute atomic E-state index is 0.0486. The second kappa shape index (κ2) is 4.60. The van der Waals surface area contributed by atoms with Crippen LogP contribution in [0, 0.1) is 0 Å². The molecule has 2 heterocycles. The molecule has 1 aromatic rings. The van der Waals surface area contributed by atoms with E-state index in [0.29, 0.717) is 5.02 Å². The number of amides is 1. The van der Waals surface area contributed by atoms with Crippen molar-refractivity contribution in [2.75, 3.05) is 0 Å². The maximum atomic E-state index is 12.8. The summed E-state index contributed by atoms with van der Waals surface area (Å²) in [4.78, 5) is 17.8. The van der Waals surface area contributed by atoms with Gasteiger partial charge in [-0.2, -0.15) is 0 Å². The number of fused-ring (bicyclic) bond motifs is 3. The van der Waals surface area contributed by atoms with Crippen LogP contribution in [0.3, 0.4) is 0 Å². The molecule has 4 nitrogen and oxygen atoms in total. The zero-order chi connectivity index (χ0) is 14.4. The summed E-state index contributed by atoms with van der Waals surface area (Å²) < 4.78 is 0. The molecule has 1 fully saturated rings. The van der Waals surface area contributed by atoms with E-state index in [2.05, 4.69) is 10.3 Å². The van der Waals surface area contributed by atoms with Crippen LogP contribution in [-0.4, -0.2) is 22.6 Å². The van der Waals surface area contributed by atoms with Gasteiger partial charge >= 0.3 is 0 Å². The Bertz CT molecular complexity index is 730. The summed E-state index contributed by atoms with van der Waals surface area (Å²) in [6.45, 7) is 0. The Labute approximate surface area is 127 Å². The Morgan fingerprint density at radius 3 is 2.81 bits per heavy atom. The molecule has 0 bridgehead atoms. The van der Waals surface area contributed by atoms with Crippen LogP contribution in [0.1, 0.15) is 11.6 Å². The Balaban J connectivity index is 1.69. The van der Waals surface area contributed by atoms with Crippen LogP contribution in [0.5, 0.6) is 0 Å². The van der Waals surface area contributed by atoms with Crippen LogP contribution in [0.25, 0.3) is 0 Å². The molecule has 1 aliphatic carbocycles. The van der Waals surface area contributed by atoms with Crippen molar-refractivity contribution in [3.05, 3.63) is 71.2 Å². The molecule has 0 saturated carbocycles. The smallest absolute Gasteiger partial charge is 0.256 e. The Kier molecular flexibility index (Phi) is 2.72. The molecule has 2 atom stereocenters. The maximum Gasteiger partial charge on any atom is 0.256 e. The second-order valence-electron chi connectivity index (χ2n) is 5.16. The van der Waals surface area contributed by atoms with E-state index in [0.717, 1.165) is 17.1 Å². The van der Waals surface area contributed by atoms with Gasteiger partial charge in [0.05, 0.1) is 0 Å². The molecular formula is C16H13ClN3O+. The van der Waals surface area contributed by atoms with E-state index in [1.54, 1.807) is 17.0 Å². The third-order valence-corrected chi connectivity index (χ3v) is 4.14. The van der Waals surface area contributed by atoms with Crippen molar-refractivity contribution in [3.63, 3.8) is 0 Å². The minimum Gasteiger partial charge on any atom is -0.351 e. The van der Waals surface area contributed by atoms with Crippen molar-refractivity contribution in [1.29, 1.82) is 0 Å². The Hall–Kier alpha value is -2.33. The molecule has 4 rings (SSSR count). The molecule has 1 saturated heterocycles. The Morgan fingerprint density at radius 2 is 2.00 bits per heavy atom. The van der Waals surface area contributed by atoms with Crippen molar-refractivity contribution < 1.29 is 9.79 Å². The second-order valence-corrected chi connectivity index (χ2v) is 5.59. The lowest BCUT2D eigenvalue weighted by molar-refractivity contribution is -0.380. The summed E-state index contributed by atoms with van der Waals surface area (Å²) in [6.07, 6.45) is 9.76. The summed E-state index contributed by atoms with van der Waals surface area (Å²) in [5, 5.41) is 3.94. The molecule has 2 unspecified atom stereocenters. The van der Waals surface area contributed by atoms with E-state index in [4.69, 9.17) is 11.6 Å². The molecular weight excluding hydrogens is 286 g/mol. The van der Waals surface area contributed by atoms with Crippen molar-refractivity contribution in [2.24, 2.45) is 0 Å². The van der Waals surface area contributed by atoms with Gasteiger partial charge in [-0.3, -0.25) is 9.69 Å². The number of allylic oxidation sites excluding steroid dienone is 2. The topological polar surface area (TPSA) is 46.3 Å². The molecule has 0 radical (unpaired) electrons. The van der Waals surface area contributed by atoms with E-state index < -0.39 is 0 Å². The van der Waals surface area contributed by atoms with E-state index in [9.17, 15) is 4.79 Å². The van der Waals surface area contributed by atoms with Gasteiger partial charge < -0.3 is 5.32 Å². The van der Waals surface area contributed by atoms with Crippen LogP contribution in [0.2, 0.25) is 5.02 Å². The number of hydrogen-bond acceptors (Lipinski definition) is 2. The molecule has 0 spiro atoms. The summed E-state index contributed by atoms with van der Waals surface area (Å²) >= 11 is 5.91. The SMILES string of the molecule is O=C1C(c2ccc(Cl)cc2)NC2=C[NH+]=C3C=CC=CC3N12. The first-order chi connectivity index (χ1) is 10.2. The minimum atomic E-state index is -0.367. The lowest BCUT2D eigenvalue weighted by Gasteiger charge is -2.25. The van der Waals surface area contributed by atoms with Crippen molar-refractivity contribution in [1.82, 2.24) is 10.2 Å². The number of halogens is 1. The number of nitrogens with one attached hydrogen (secondary N) is 2. The van der Waals surface area contributed by atoms with Crippen LogP contribution in [-0.2, 0) is 4.79 Å². The van der Waals surface area contributed by atoms with Gasteiger partial charge in [0.2, 0.25) is 11.9 Å². The van der Waals surface area contributed by atoms with Gasteiger partial charge in [-0.05, 0) is 17.7 Å². The van der Waals surface area contributed by atoms with Gasteiger partial charge in [-0.25, -0.2) is 4.99 Å². The molecule has 2 aliphatic heterocycles. The van der Waals surface area contributed by atoms with Crippen LogP contribution >= 0.6 is 11.6 Å². The molecule has 5 heteroatoms. The Morgan fingerprint density at radius 1 is 1.19 bits per heavy atom. The summed E-state index contributed by atoms with van der Waals surface area (Å²) in [5.74, 6) is 0.848. The van der Waals surface area contributed by atoms with E-state index in [1.807, 2.05) is 42.6 Å². The summed E-state index contributed by atoms with van der Waals surface area (Å²) in [7, 11) is 0. The van der Waals surface area contributed by atoms with Gasteiger partial charge in [0.1, 0.15) is 12.1 Å². The number of hydrogen-bond donors (Lipinski definition) is 2. The van der Waals surface area contributed by atoms with Gasteiger partial charge in [0, 0.05) is 11.1 Å². The molecule has 0 aromatic heterocycles. The predicted octanol–water partition coefficient (Wildman–Crippen LogP) is 0.642. The quantitative estimate of drug-likeness (QED) is 0.799. The third-order valence-electron chi connectivity index (χ3n) is 3.89. The number of nitrogens with zero attached hydrogens (tertiary/aromatic N) is 1. The highest BCUT2D eigenvalue weighted by Gasteiger charge is 2.45. The van der Waals surface area contributed by atoms with Gasteiger partial charge in [0.25, 0.3) is 5.91 Å². The zero-order valence-corrected chi connectivity index (χ0v) is 11.8. The first-order valence-electron chi connectivity index (χ1n) is 6.77. The van der Waals surface area contributed by atoms with Crippen molar-refractivity contribution >= 4 is 23.2 Å². The number of rotatable bonds is 1. The molecule has 1 amide bonds. The molecule has 1 aromatic carbocycles. The predicted molar refractivity (Wildman–Crippen MR) is 80.3 cm³/mol. The van der Waals surface area contributed by atoms with Crippen molar-refractivity contribution in [3.8, 4) is 0 Å². The monoisotopic (exact) mass is 298 g/mol. The number of carbonyl (C=O) groups is 1. The lowest BCUT2D eigenvalue weighted by Crippen LogP contribution is -2.74. The number of benzene rings is 1. The fourth-order valence-electron chi connectivity index (χ4n) is 2.86. The summed E-state index contributed by atoms with van der Waals surface area (Å²) in [5.41, 5.74) is 1.92. The van der Waals surface area contributed by atoms with Crippen LogP contribution < -0.4 is 10.3 Å². The average molecular weight is 299 g/mol. The molecule has 104 valence electrons. The fraction of sp³-hybridized carbons (Fsp3) is 0.125. The average Bonchev–Trinajstić information content (AvgIpc) is 2.86. The zero-order valence-electron chi connectivity index (χ0n) is 11.1. The highest BCUT2D eigenvalue weighted by atomic mass is 35.5. The molecule has 3 aliphatic rings. The van der Waals surface area contributed by atoms with Gasteiger partial charge in [-0.15, -0.1) is 0 Å². The third kappa shape index (κ3) is 1.91.